The Balaban J connectivity index is 1.08. The lowest BCUT2D eigenvalue weighted by atomic mass is 9.67. The molecule has 4 heteroatoms. The molecule has 2 nitrogen and oxygen atoms in total. The van der Waals surface area contributed by atoms with E-state index < -0.39 is 5.41 Å². The fourth-order valence-corrected chi connectivity index (χ4v) is 11.8. The molecular weight excluding hydrogens is 729 g/mol. The highest BCUT2D eigenvalue weighted by Gasteiger charge is 2.50. The Labute approximate surface area is 339 Å². The minimum absolute atomic E-state index is 0.441. The number of aromatic nitrogens is 2. The normalized spacial score (nSPS) is 13.3. The van der Waals surface area contributed by atoms with Crippen LogP contribution in [0.3, 0.4) is 0 Å². The van der Waals surface area contributed by atoms with Crippen molar-refractivity contribution in [3.05, 3.63) is 216 Å². The highest BCUT2D eigenvalue weighted by atomic mass is 32.2. The zero-order valence-corrected chi connectivity index (χ0v) is 32.3. The van der Waals surface area contributed by atoms with Gasteiger partial charge >= 0.3 is 0 Å². The van der Waals surface area contributed by atoms with Crippen molar-refractivity contribution in [3.8, 4) is 56.2 Å². The number of benzene rings is 8. The van der Waals surface area contributed by atoms with Gasteiger partial charge in [-0.15, -0.1) is 11.3 Å². The lowest BCUT2D eigenvalue weighted by Gasteiger charge is -2.40. The monoisotopic (exact) mass is 760 g/mol. The lowest BCUT2D eigenvalue weighted by Crippen LogP contribution is -2.32. The predicted octanol–water partition coefficient (Wildman–Crippen LogP) is 14.3. The molecule has 8 aromatic carbocycles. The van der Waals surface area contributed by atoms with E-state index in [1.165, 1.54) is 68.9 Å². The Kier molecular flexibility index (Phi) is 7.28. The molecule has 0 saturated carbocycles. The van der Waals surface area contributed by atoms with Gasteiger partial charge in [0, 0.05) is 46.7 Å². The molecule has 1 spiro atoms. The summed E-state index contributed by atoms with van der Waals surface area (Å²) in [7, 11) is 0. The van der Waals surface area contributed by atoms with Crippen LogP contribution in [0.5, 0.6) is 0 Å². The molecule has 0 N–H and O–H groups in total. The van der Waals surface area contributed by atoms with E-state index in [-0.39, 0.29) is 0 Å². The number of hydrogen-bond donors (Lipinski definition) is 0. The molecule has 0 saturated heterocycles. The van der Waals surface area contributed by atoms with E-state index >= 15 is 0 Å². The van der Waals surface area contributed by atoms with Crippen molar-refractivity contribution in [2.24, 2.45) is 0 Å². The molecule has 57 heavy (non-hydrogen) atoms. The zero-order valence-electron chi connectivity index (χ0n) is 30.7. The van der Waals surface area contributed by atoms with Gasteiger partial charge in [-0.25, -0.2) is 9.97 Å². The second-order valence-electron chi connectivity index (χ2n) is 14.8. The van der Waals surface area contributed by atoms with Crippen molar-refractivity contribution in [1.29, 1.82) is 0 Å². The average Bonchev–Trinajstić information content (AvgIpc) is 3.80. The fourth-order valence-electron chi connectivity index (χ4n) is 9.37. The summed E-state index contributed by atoms with van der Waals surface area (Å²) in [5.41, 5.74) is 14.8. The van der Waals surface area contributed by atoms with Crippen LogP contribution in [0.4, 0.5) is 0 Å². The molecule has 0 unspecified atom stereocenters. The van der Waals surface area contributed by atoms with E-state index in [2.05, 4.69) is 188 Å². The maximum absolute atomic E-state index is 5.35. The third-order valence-electron chi connectivity index (χ3n) is 11.8. The molecule has 0 bridgehead atoms. The van der Waals surface area contributed by atoms with E-state index in [0.717, 1.165) is 33.6 Å². The van der Waals surface area contributed by atoms with Crippen LogP contribution in [0.15, 0.2) is 204 Å². The van der Waals surface area contributed by atoms with E-state index in [1.807, 2.05) is 29.2 Å². The van der Waals surface area contributed by atoms with Gasteiger partial charge in [0.1, 0.15) is 0 Å². The summed E-state index contributed by atoms with van der Waals surface area (Å²) in [5, 5.41) is 2.57. The van der Waals surface area contributed by atoms with Crippen molar-refractivity contribution in [2.75, 3.05) is 0 Å². The Morgan fingerprint density at radius 1 is 0.368 bits per heavy atom. The van der Waals surface area contributed by atoms with E-state index in [9.17, 15) is 0 Å². The van der Waals surface area contributed by atoms with Crippen LogP contribution in [0, 0.1) is 0 Å². The Morgan fingerprint density at radius 3 is 1.77 bits per heavy atom. The van der Waals surface area contributed by atoms with Crippen LogP contribution in [0.2, 0.25) is 0 Å². The summed E-state index contributed by atoms with van der Waals surface area (Å²) >= 11 is 3.72. The SMILES string of the molecule is c1ccc(-c2nc(-c3ccc4c(c3)sc3ccccc34)cc(-c3ccccc3-c3cccc4c3Sc3ccccc3C43c4ccccc4-c4ccccc43)n2)cc1. The van der Waals surface area contributed by atoms with Crippen molar-refractivity contribution in [3.63, 3.8) is 0 Å². The summed E-state index contributed by atoms with van der Waals surface area (Å²) in [5.74, 6) is 0.714. The number of hydrogen-bond acceptors (Lipinski definition) is 4. The summed E-state index contributed by atoms with van der Waals surface area (Å²) in [6.45, 7) is 0. The van der Waals surface area contributed by atoms with Crippen LogP contribution >= 0.6 is 23.1 Å². The average molecular weight is 761 g/mol. The van der Waals surface area contributed by atoms with Crippen molar-refractivity contribution < 1.29 is 0 Å². The Morgan fingerprint density at radius 2 is 0.965 bits per heavy atom. The van der Waals surface area contributed by atoms with Crippen molar-refractivity contribution in [1.82, 2.24) is 9.97 Å². The van der Waals surface area contributed by atoms with Crippen LogP contribution in [0.1, 0.15) is 22.3 Å². The molecular formula is C53H32N2S2. The first kappa shape index (κ1) is 32.6. The van der Waals surface area contributed by atoms with Gasteiger partial charge in [0.15, 0.2) is 5.82 Å². The first-order valence-corrected chi connectivity index (χ1v) is 21.0. The van der Waals surface area contributed by atoms with E-state index in [4.69, 9.17) is 9.97 Å². The largest absolute Gasteiger partial charge is 0.228 e. The van der Waals surface area contributed by atoms with Gasteiger partial charge < -0.3 is 0 Å². The second-order valence-corrected chi connectivity index (χ2v) is 16.9. The number of fused-ring (bicyclic) bond motifs is 12. The van der Waals surface area contributed by atoms with Gasteiger partial charge in [0.05, 0.1) is 16.8 Å². The van der Waals surface area contributed by atoms with Crippen LogP contribution in [0.25, 0.3) is 76.3 Å². The van der Waals surface area contributed by atoms with Crippen LogP contribution in [-0.4, -0.2) is 9.97 Å². The summed E-state index contributed by atoms with van der Waals surface area (Å²) < 4.78 is 2.55. The topological polar surface area (TPSA) is 25.8 Å². The van der Waals surface area contributed by atoms with Gasteiger partial charge in [0.2, 0.25) is 0 Å². The minimum atomic E-state index is -0.441. The molecule has 0 atom stereocenters. The van der Waals surface area contributed by atoms with E-state index in [1.54, 1.807) is 0 Å². The molecule has 0 fully saturated rings. The smallest absolute Gasteiger partial charge is 0.160 e. The highest BCUT2D eigenvalue weighted by Crippen LogP contribution is 2.63. The molecule has 12 rings (SSSR count). The fraction of sp³-hybridized carbons (Fsp3) is 0.0189. The minimum Gasteiger partial charge on any atom is -0.228 e. The standard InChI is InChI=1S/C53H32N2S2/c1-2-15-33(16-3-1)52-54-46(34-29-30-40-39-21-8-12-27-48(39)56-50(40)31-34)32-47(55-52)38-20-5-4-17-35(38)41-22-14-26-45-51(41)57-49-28-13-11-25-44(49)53(45)42-23-9-6-18-36(42)37-19-7-10-24-43(37)53/h1-32H. The Hall–Kier alpha value is -6.59. The Bertz CT molecular complexity index is 3190. The molecule has 1 aliphatic carbocycles. The summed E-state index contributed by atoms with van der Waals surface area (Å²) in [6.07, 6.45) is 0. The molecule has 2 aromatic heterocycles. The lowest BCUT2D eigenvalue weighted by molar-refractivity contribution is 0.723. The van der Waals surface area contributed by atoms with Crippen molar-refractivity contribution >= 4 is 43.3 Å². The van der Waals surface area contributed by atoms with Crippen molar-refractivity contribution in [2.45, 2.75) is 15.2 Å². The first-order chi connectivity index (χ1) is 28.3. The van der Waals surface area contributed by atoms with Crippen LogP contribution < -0.4 is 0 Å². The number of rotatable bonds is 4. The predicted molar refractivity (Wildman–Crippen MR) is 238 cm³/mol. The van der Waals surface area contributed by atoms with Gasteiger partial charge in [0.25, 0.3) is 0 Å². The third kappa shape index (κ3) is 4.84. The quantitative estimate of drug-likeness (QED) is 0.179. The molecule has 10 aromatic rings. The molecule has 1 aliphatic heterocycles. The van der Waals surface area contributed by atoms with Gasteiger partial charge in [-0.3, -0.25) is 0 Å². The van der Waals surface area contributed by atoms with Gasteiger partial charge in [-0.2, -0.15) is 0 Å². The van der Waals surface area contributed by atoms with E-state index in [0.29, 0.717) is 5.82 Å². The molecule has 2 aliphatic rings. The second kappa shape index (κ2) is 12.7. The number of nitrogens with zero attached hydrogens (tertiary/aromatic N) is 2. The van der Waals surface area contributed by atoms with Crippen LogP contribution in [-0.2, 0) is 5.41 Å². The maximum Gasteiger partial charge on any atom is 0.160 e. The molecule has 0 amide bonds. The molecule has 3 heterocycles. The zero-order chi connectivity index (χ0) is 37.5. The molecule has 266 valence electrons. The van der Waals surface area contributed by atoms with Gasteiger partial charge in [-0.1, -0.05) is 182 Å². The maximum atomic E-state index is 5.35. The molecule has 0 radical (unpaired) electrons. The summed E-state index contributed by atoms with van der Waals surface area (Å²) in [6, 6.07) is 70.7. The van der Waals surface area contributed by atoms with Gasteiger partial charge in [-0.05, 0) is 68.8 Å². The number of thiophene rings is 1. The highest BCUT2D eigenvalue weighted by molar-refractivity contribution is 7.99. The third-order valence-corrected chi connectivity index (χ3v) is 14.2. The summed E-state index contributed by atoms with van der Waals surface area (Å²) in [4.78, 5) is 13.2. The first-order valence-electron chi connectivity index (χ1n) is 19.3.